The zero-order chi connectivity index (χ0) is 15.2. The van der Waals surface area contributed by atoms with Crippen molar-refractivity contribution >= 4 is 17.7 Å². The largest absolute Gasteiger partial charge is 0.477 e. The number of carboxylic acid groups (broad SMARTS) is 1. The smallest absolute Gasteiger partial charge is 0.354 e. The van der Waals surface area contributed by atoms with Crippen LogP contribution in [-0.2, 0) is 13.5 Å². The predicted octanol–water partition coefficient (Wildman–Crippen LogP) is 0.877. The second kappa shape index (κ2) is 6.51. The van der Waals surface area contributed by atoms with Crippen LogP contribution in [0, 0.1) is 0 Å². The van der Waals surface area contributed by atoms with Crippen LogP contribution in [0.5, 0.6) is 0 Å². The molecule has 0 atom stereocenters. The molecular formula is C13H15N5O3. The molecule has 8 heteroatoms. The van der Waals surface area contributed by atoms with E-state index < -0.39 is 5.97 Å². The third-order valence-corrected chi connectivity index (χ3v) is 2.68. The highest BCUT2D eigenvalue weighted by atomic mass is 16.4. The molecule has 3 N–H and O–H groups in total. The molecule has 0 aromatic carbocycles. The zero-order valence-corrected chi connectivity index (χ0v) is 11.4. The molecule has 0 unspecified atom stereocenters. The summed E-state index contributed by atoms with van der Waals surface area (Å²) in [6, 6.07) is 4.31. The molecule has 0 saturated heterocycles. The van der Waals surface area contributed by atoms with Gasteiger partial charge in [-0.1, -0.05) is 0 Å². The average molecular weight is 289 g/mol. The Bertz CT molecular complexity index is 636. The summed E-state index contributed by atoms with van der Waals surface area (Å²) in [6.07, 6.45) is 3.76. The molecule has 2 aromatic rings. The minimum Gasteiger partial charge on any atom is -0.477 e. The summed E-state index contributed by atoms with van der Waals surface area (Å²) < 4.78 is 1.70. The lowest BCUT2D eigenvalue weighted by Crippen LogP contribution is -2.30. The van der Waals surface area contributed by atoms with Crippen LogP contribution >= 0.6 is 0 Å². The van der Waals surface area contributed by atoms with E-state index in [0.717, 1.165) is 5.69 Å². The lowest BCUT2D eigenvalue weighted by molar-refractivity contribution is 0.0690. The summed E-state index contributed by atoms with van der Waals surface area (Å²) in [5.41, 5.74) is 1.25. The number of urea groups is 1. The molecule has 2 amide bonds. The zero-order valence-electron chi connectivity index (χ0n) is 11.4. The maximum atomic E-state index is 11.6. The van der Waals surface area contributed by atoms with Gasteiger partial charge in [0.1, 0.15) is 5.69 Å². The Labute approximate surface area is 120 Å². The van der Waals surface area contributed by atoms with Crippen LogP contribution in [0.1, 0.15) is 16.2 Å². The van der Waals surface area contributed by atoms with E-state index in [1.54, 1.807) is 4.68 Å². The molecule has 21 heavy (non-hydrogen) atoms. The Morgan fingerprint density at radius 3 is 2.71 bits per heavy atom. The Morgan fingerprint density at radius 1 is 1.33 bits per heavy atom. The molecule has 2 rings (SSSR count). The minimum absolute atomic E-state index is 0.0730. The van der Waals surface area contributed by atoms with Crippen LogP contribution in [0.25, 0.3) is 0 Å². The quantitative estimate of drug-likeness (QED) is 0.757. The number of pyridine rings is 1. The maximum Gasteiger partial charge on any atom is 0.354 e. The Kier molecular flexibility index (Phi) is 4.50. The van der Waals surface area contributed by atoms with Crippen molar-refractivity contribution in [3.05, 3.63) is 42.0 Å². The Balaban J connectivity index is 1.77. The molecule has 0 saturated carbocycles. The van der Waals surface area contributed by atoms with E-state index in [2.05, 4.69) is 20.7 Å². The van der Waals surface area contributed by atoms with Crippen LogP contribution in [0.4, 0.5) is 10.5 Å². The molecule has 2 heterocycles. The Hall–Kier alpha value is -2.90. The number of carbonyl (C=O) groups is 2. The number of aromatic nitrogens is 3. The summed E-state index contributed by atoms with van der Waals surface area (Å²) in [4.78, 5) is 26.0. The van der Waals surface area contributed by atoms with E-state index in [1.165, 1.54) is 18.3 Å². The maximum absolute atomic E-state index is 11.6. The molecule has 2 aromatic heterocycles. The second-order valence-electron chi connectivity index (χ2n) is 4.35. The first-order valence-corrected chi connectivity index (χ1v) is 6.27. The van der Waals surface area contributed by atoms with Crippen LogP contribution < -0.4 is 10.6 Å². The monoisotopic (exact) mass is 289 g/mol. The number of amides is 2. The summed E-state index contributed by atoms with van der Waals surface area (Å²) in [7, 11) is 1.83. The van der Waals surface area contributed by atoms with E-state index in [-0.39, 0.29) is 11.7 Å². The number of rotatable bonds is 5. The molecule has 0 fully saturated rings. The second-order valence-corrected chi connectivity index (χ2v) is 4.35. The number of nitrogens with one attached hydrogen (secondary N) is 2. The van der Waals surface area contributed by atoms with Gasteiger partial charge in [-0.25, -0.2) is 14.6 Å². The number of aromatic carboxylic acids is 1. The first-order chi connectivity index (χ1) is 10.0. The number of nitrogens with zero attached hydrogens (tertiary/aromatic N) is 3. The van der Waals surface area contributed by atoms with Gasteiger partial charge in [-0.2, -0.15) is 5.10 Å². The normalized spacial score (nSPS) is 10.1. The molecule has 0 aliphatic rings. The lowest BCUT2D eigenvalue weighted by Gasteiger charge is -2.06. The van der Waals surface area contributed by atoms with Gasteiger partial charge in [-0.3, -0.25) is 4.68 Å². The summed E-state index contributed by atoms with van der Waals surface area (Å²) >= 11 is 0. The van der Waals surface area contributed by atoms with Crippen molar-refractivity contribution < 1.29 is 14.7 Å². The average Bonchev–Trinajstić information content (AvgIpc) is 2.85. The van der Waals surface area contributed by atoms with Gasteiger partial charge in [0.25, 0.3) is 0 Å². The first kappa shape index (κ1) is 14.5. The minimum atomic E-state index is -1.11. The van der Waals surface area contributed by atoms with Crippen molar-refractivity contribution in [2.75, 3.05) is 11.9 Å². The topological polar surface area (TPSA) is 109 Å². The highest BCUT2D eigenvalue weighted by Gasteiger charge is 2.06. The lowest BCUT2D eigenvalue weighted by atomic mass is 10.3. The molecular weight excluding hydrogens is 274 g/mol. The highest BCUT2D eigenvalue weighted by molar-refractivity contribution is 5.90. The number of carbonyl (C=O) groups excluding carboxylic acids is 1. The van der Waals surface area contributed by atoms with Gasteiger partial charge in [0.2, 0.25) is 0 Å². The fraction of sp³-hybridized carbons (Fsp3) is 0.231. The standard InChI is InChI=1S/C13H15N5O3/c1-18-7-5-9(17-18)4-6-14-13(21)16-10-2-3-11(12(19)20)15-8-10/h2-3,5,7-8H,4,6H2,1H3,(H,19,20)(H2,14,16,21). The molecule has 0 aliphatic carbocycles. The van der Waals surface area contributed by atoms with Crippen molar-refractivity contribution in [2.45, 2.75) is 6.42 Å². The van der Waals surface area contributed by atoms with Gasteiger partial charge in [0.05, 0.1) is 17.6 Å². The summed E-state index contributed by atoms with van der Waals surface area (Å²) in [5, 5.41) is 18.2. The third-order valence-electron chi connectivity index (χ3n) is 2.68. The van der Waals surface area contributed by atoms with Crippen molar-refractivity contribution in [1.82, 2.24) is 20.1 Å². The number of aryl methyl sites for hydroxylation is 1. The van der Waals surface area contributed by atoms with Crippen LogP contribution in [0.15, 0.2) is 30.6 Å². The fourth-order valence-corrected chi connectivity index (χ4v) is 1.67. The van der Waals surface area contributed by atoms with Gasteiger partial charge in [-0.15, -0.1) is 0 Å². The van der Waals surface area contributed by atoms with E-state index in [0.29, 0.717) is 18.7 Å². The number of hydrogen-bond acceptors (Lipinski definition) is 4. The number of carboxylic acids is 1. The van der Waals surface area contributed by atoms with E-state index in [4.69, 9.17) is 5.11 Å². The van der Waals surface area contributed by atoms with Crippen LogP contribution in [0.3, 0.4) is 0 Å². The van der Waals surface area contributed by atoms with Crippen LogP contribution in [0.2, 0.25) is 0 Å². The molecule has 110 valence electrons. The van der Waals surface area contributed by atoms with Crippen molar-refractivity contribution in [3.63, 3.8) is 0 Å². The molecule has 0 aliphatic heterocycles. The van der Waals surface area contributed by atoms with E-state index in [9.17, 15) is 9.59 Å². The summed E-state index contributed by atoms with van der Waals surface area (Å²) in [6.45, 7) is 0.448. The predicted molar refractivity (Wildman–Crippen MR) is 75.1 cm³/mol. The van der Waals surface area contributed by atoms with E-state index in [1.807, 2.05) is 19.3 Å². The van der Waals surface area contributed by atoms with Crippen molar-refractivity contribution in [3.8, 4) is 0 Å². The molecule has 0 bridgehead atoms. The number of hydrogen-bond donors (Lipinski definition) is 3. The molecule has 8 nitrogen and oxygen atoms in total. The highest BCUT2D eigenvalue weighted by Crippen LogP contribution is 2.05. The molecule has 0 spiro atoms. The van der Waals surface area contributed by atoms with E-state index >= 15 is 0 Å². The third kappa shape index (κ3) is 4.30. The van der Waals surface area contributed by atoms with Gasteiger partial charge in [0.15, 0.2) is 0 Å². The van der Waals surface area contributed by atoms with Crippen molar-refractivity contribution in [2.24, 2.45) is 7.05 Å². The SMILES string of the molecule is Cn1ccc(CCNC(=O)Nc2ccc(C(=O)O)nc2)n1. The van der Waals surface area contributed by atoms with Gasteiger partial charge in [-0.05, 0) is 18.2 Å². The Morgan fingerprint density at radius 2 is 2.14 bits per heavy atom. The first-order valence-electron chi connectivity index (χ1n) is 6.27. The van der Waals surface area contributed by atoms with Gasteiger partial charge in [0, 0.05) is 26.2 Å². The van der Waals surface area contributed by atoms with Crippen molar-refractivity contribution in [1.29, 1.82) is 0 Å². The molecule has 0 radical (unpaired) electrons. The van der Waals surface area contributed by atoms with Gasteiger partial charge >= 0.3 is 12.0 Å². The fourth-order valence-electron chi connectivity index (χ4n) is 1.67. The summed E-state index contributed by atoms with van der Waals surface area (Å²) in [5.74, 6) is -1.11. The van der Waals surface area contributed by atoms with Gasteiger partial charge < -0.3 is 15.7 Å². The number of anilines is 1. The van der Waals surface area contributed by atoms with Crippen LogP contribution in [-0.4, -0.2) is 38.4 Å².